The second kappa shape index (κ2) is 33.2. The van der Waals surface area contributed by atoms with Crippen LogP contribution in [0.2, 0.25) is 0 Å². The molecule has 3 aliphatic rings. The van der Waals surface area contributed by atoms with Crippen molar-refractivity contribution in [2.45, 2.75) is 57.8 Å². The molecule has 11 nitrogen and oxygen atoms in total. The highest BCUT2D eigenvalue weighted by molar-refractivity contribution is 7.26. The van der Waals surface area contributed by atoms with E-state index in [9.17, 15) is 0 Å². The van der Waals surface area contributed by atoms with Gasteiger partial charge in [0.25, 0.3) is 0 Å². The lowest BCUT2D eigenvalue weighted by molar-refractivity contribution is 0.657. The van der Waals surface area contributed by atoms with Gasteiger partial charge in [-0.2, -0.15) is 0 Å². The number of hydrogen-bond donors (Lipinski definition) is 0. The molecule has 24 aromatic rings. The molecule has 0 amide bonds. The average Bonchev–Trinajstić information content (AvgIpc) is 1.56. The van der Waals surface area contributed by atoms with Crippen LogP contribution >= 0.6 is 11.3 Å². The molecule has 0 saturated carbocycles. The Balaban J connectivity index is 0.000000110. The number of hydrogen-bond acceptors (Lipinski definition) is 11. The number of nitrogens with zero attached hydrogens (tertiary/aromatic N) is 10. The Labute approximate surface area is 803 Å². The van der Waals surface area contributed by atoms with Crippen molar-refractivity contribution in [3.8, 4) is 163 Å². The molecule has 0 aliphatic heterocycles. The number of rotatable bonds is 12. The first-order valence-electron chi connectivity index (χ1n) is 46.9. The Morgan fingerprint density at radius 2 is 0.551 bits per heavy atom. The van der Waals surface area contributed by atoms with Gasteiger partial charge in [0.15, 0.2) is 17.5 Å². The summed E-state index contributed by atoms with van der Waals surface area (Å²) in [6, 6.07) is 137. The molecule has 9 aromatic heterocycles. The van der Waals surface area contributed by atoms with Crippen LogP contribution in [0.1, 0.15) is 74.9 Å². The Bertz CT molecular complexity index is 8560. The molecule has 0 atom stereocenters. The van der Waals surface area contributed by atoms with Gasteiger partial charge in [0.1, 0.15) is 11.2 Å². The summed E-state index contributed by atoms with van der Waals surface area (Å²) >= 11 is 1.86. The Morgan fingerprint density at radius 1 is 0.232 bits per heavy atom. The number of aromatic nitrogens is 10. The third-order valence-corrected chi connectivity index (χ3v) is 29.5. The normalized spacial score (nSPS) is 13.2. The fourth-order valence-electron chi connectivity index (χ4n) is 21.5. The van der Waals surface area contributed by atoms with E-state index in [0.717, 1.165) is 157 Å². The van der Waals surface area contributed by atoms with Crippen LogP contribution in [0.15, 0.2) is 430 Å². The van der Waals surface area contributed by atoms with Gasteiger partial charge in [-0.1, -0.05) is 345 Å². The summed E-state index contributed by atoms with van der Waals surface area (Å²) < 4.78 is 11.4. The van der Waals surface area contributed by atoms with E-state index in [2.05, 4.69) is 401 Å². The van der Waals surface area contributed by atoms with Crippen molar-refractivity contribution in [2.24, 2.45) is 0 Å². The Hall–Kier alpha value is -17.2. The standard InChI is InChI=1S/C42H30N4.C42H29N3O.C42H29N3S/c1-42(2)35-15-6-3-14-34(35)40-38(42)39(29-20-18-27(19-21-29)28-22-24-43-25-23-28)44-41(45-40)30-10-9-11-31(26-30)46-36-16-7-4-12-32(36)33-13-5-8-17-37(33)46;2*1-42(2)35-15-5-3-12-34(35)39-37(42)38(28-19-17-26(18-20-28)27-21-23-43-24-22-27)44-41(45-39)30-10-7-9-29(25-30)31-13-8-14-33-32-11-4-6-16-36(32)46-40(31)33/h3-26H,1-2H3;2*3-25H,1-2H3. The maximum Gasteiger partial charge on any atom is 0.160 e. The summed E-state index contributed by atoms with van der Waals surface area (Å²) in [6.07, 6.45) is 11.0. The van der Waals surface area contributed by atoms with Crippen LogP contribution in [0.3, 0.4) is 0 Å². The molecule has 0 bridgehead atoms. The average molecular weight is 1790 g/mol. The molecule has 138 heavy (non-hydrogen) atoms. The number of benzene rings is 15. The van der Waals surface area contributed by atoms with Crippen molar-refractivity contribution in [3.63, 3.8) is 0 Å². The van der Waals surface area contributed by atoms with E-state index in [4.69, 9.17) is 34.3 Å². The lowest BCUT2D eigenvalue weighted by atomic mass is 9.80. The molecule has 0 N–H and O–H groups in total. The van der Waals surface area contributed by atoms with Crippen molar-refractivity contribution in [1.82, 2.24) is 49.4 Å². The van der Waals surface area contributed by atoms with Gasteiger partial charge in [0.2, 0.25) is 0 Å². The van der Waals surface area contributed by atoms with Gasteiger partial charge in [-0.15, -0.1) is 11.3 Å². The second-order valence-electron chi connectivity index (χ2n) is 37.5. The summed E-state index contributed by atoms with van der Waals surface area (Å²) in [5.41, 5.74) is 39.0. The number of thiophene rings is 1. The number of furan rings is 1. The SMILES string of the molecule is CC1(C)c2ccccc2-c2nc(-c3cccc(-c4cccc5c4oc4ccccc45)c3)nc(-c3ccc(-c4ccncc4)cc3)c21.CC1(C)c2ccccc2-c2nc(-c3cccc(-c4cccc5c4sc4ccccc45)c3)nc(-c3ccc(-c4ccncc4)cc3)c21.CC1(C)c2ccccc2-c2nc(-c3cccc(-n4c5ccccc5c5ccccc54)c3)nc(-c3ccc(-c4ccncc4)cc3)c21. The van der Waals surface area contributed by atoms with Crippen molar-refractivity contribution in [1.29, 1.82) is 0 Å². The van der Waals surface area contributed by atoms with Gasteiger partial charge in [-0.3, -0.25) is 15.0 Å². The molecular formula is C126H88N10OS. The van der Waals surface area contributed by atoms with Crippen LogP contribution < -0.4 is 0 Å². The minimum atomic E-state index is -0.248. The first-order chi connectivity index (χ1) is 67.7. The molecule has 27 rings (SSSR count). The number of fused-ring (bicyclic) bond motifs is 18. The number of pyridine rings is 3. The van der Waals surface area contributed by atoms with E-state index in [1.807, 2.05) is 97.0 Å². The van der Waals surface area contributed by atoms with Crippen LogP contribution in [0.5, 0.6) is 0 Å². The van der Waals surface area contributed by atoms with Crippen LogP contribution in [-0.4, -0.2) is 49.4 Å². The Kier molecular flexibility index (Phi) is 19.9. The van der Waals surface area contributed by atoms with Crippen molar-refractivity contribution in [3.05, 3.63) is 459 Å². The minimum absolute atomic E-state index is 0.234. The van der Waals surface area contributed by atoms with E-state index in [-0.39, 0.29) is 16.2 Å². The smallest absolute Gasteiger partial charge is 0.160 e. The topological polar surface area (TPSA) is 134 Å². The first-order valence-corrected chi connectivity index (χ1v) is 47.7. The van der Waals surface area contributed by atoms with Gasteiger partial charge in [-0.25, -0.2) is 29.9 Å². The van der Waals surface area contributed by atoms with Crippen LogP contribution in [0, 0.1) is 0 Å². The highest BCUT2D eigenvalue weighted by Crippen LogP contribution is 2.56. The van der Waals surface area contributed by atoms with E-state index in [1.54, 1.807) is 0 Å². The summed E-state index contributed by atoms with van der Waals surface area (Å²) in [6.45, 7) is 13.7. The molecule has 0 spiro atoms. The first kappa shape index (κ1) is 82.7. The molecule has 0 unspecified atom stereocenters. The van der Waals surface area contributed by atoms with Crippen LogP contribution in [0.25, 0.3) is 227 Å². The zero-order valence-electron chi connectivity index (χ0n) is 76.7. The van der Waals surface area contributed by atoms with Gasteiger partial charge in [0, 0.05) is 173 Å². The fraction of sp³-hybridized carbons (Fsp3) is 0.0714. The molecule has 0 saturated heterocycles. The van der Waals surface area contributed by atoms with E-state index < -0.39 is 0 Å². The summed E-state index contributed by atoms with van der Waals surface area (Å²) in [7, 11) is 0. The molecule has 15 aromatic carbocycles. The number of para-hydroxylation sites is 4. The zero-order valence-corrected chi connectivity index (χ0v) is 77.5. The summed E-state index contributed by atoms with van der Waals surface area (Å²) in [4.78, 5) is 44.6. The summed E-state index contributed by atoms with van der Waals surface area (Å²) in [5, 5.41) is 7.33. The predicted octanol–water partition coefficient (Wildman–Crippen LogP) is 32.2. The predicted molar refractivity (Wildman–Crippen MR) is 566 cm³/mol. The van der Waals surface area contributed by atoms with Crippen LogP contribution in [-0.2, 0) is 16.2 Å². The third-order valence-electron chi connectivity index (χ3n) is 28.3. The monoisotopic (exact) mass is 1790 g/mol. The highest BCUT2D eigenvalue weighted by atomic mass is 32.1. The molecule has 0 radical (unpaired) electrons. The quantitative estimate of drug-likeness (QED) is 0.116. The van der Waals surface area contributed by atoms with E-state index >= 15 is 0 Å². The summed E-state index contributed by atoms with van der Waals surface area (Å²) in [5.74, 6) is 2.17. The lowest BCUT2D eigenvalue weighted by Crippen LogP contribution is -2.17. The highest BCUT2D eigenvalue weighted by Gasteiger charge is 2.44. The largest absolute Gasteiger partial charge is 0.455 e. The van der Waals surface area contributed by atoms with Crippen molar-refractivity contribution >= 4 is 75.3 Å². The molecule has 9 heterocycles. The third kappa shape index (κ3) is 14.0. The van der Waals surface area contributed by atoms with E-state index in [0.29, 0.717) is 5.82 Å². The Morgan fingerprint density at radius 3 is 1.01 bits per heavy atom. The van der Waals surface area contributed by atoms with Gasteiger partial charge >= 0.3 is 0 Å². The second-order valence-corrected chi connectivity index (χ2v) is 38.5. The lowest BCUT2D eigenvalue weighted by Gasteiger charge is -2.24. The van der Waals surface area contributed by atoms with Gasteiger partial charge in [0.05, 0.1) is 45.2 Å². The fourth-order valence-corrected chi connectivity index (χ4v) is 22.8. The van der Waals surface area contributed by atoms with Gasteiger partial charge < -0.3 is 8.98 Å². The van der Waals surface area contributed by atoms with Gasteiger partial charge in [-0.05, 0) is 152 Å². The molecule has 3 aliphatic carbocycles. The zero-order chi connectivity index (χ0) is 92.5. The van der Waals surface area contributed by atoms with Crippen molar-refractivity contribution in [2.75, 3.05) is 0 Å². The van der Waals surface area contributed by atoms with Crippen LogP contribution in [0.4, 0.5) is 0 Å². The molecule has 654 valence electrons. The maximum absolute atomic E-state index is 6.39. The minimum Gasteiger partial charge on any atom is -0.455 e. The van der Waals surface area contributed by atoms with Crippen molar-refractivity contribution < 1.29 is 4.42 Å². The van der Waals surface area contributed by atoms with E-state index in [1.165, 1.54) is 97.6 Å². The maximum atomic E-state index is 6.39. The molecule has 0 fully saturated rings. The molecule has 12 heteroatoms. The molecular weight excluding hydrogens is 1700 g/mol.